The summed E-state index contributed by atoms with van der Waals surface area (Å²) in [5.74, 6) is 0.719. The summed E-state index contributed by atoms with van der Waals surface area (Å²) < 4.78 is 8.51. The van der Waals surface area contributed by atoms with Gasteiger partial charge in [-0.2, -0.15) is 4.98 Å². The summed E-state index contributed by atoms with van der Waals surface area (Å²) in [7, 11) is 1.94. The van der Waals surface area contributed by atoms with Crippen LogP contribution >= 0.6 is 0 Å². The maximum Gasteiger partial charge on any atom is 0.227 e. The molecule has 7 nitrogen and oxygen atoms in total. The van der Waals surface area contributed by atoms with Crippen molar-refractivity contribution in [3.8, 4) is 0 Å². The Bertz CT molecular complexity index is 965. The molecule has 1 N–H and O–H groups in total. The zero-order valence-electron chi connectivity index (χ0n) is 16.0. The number of fused-ring (bicyclic) bond motifs is 1. The maximum absolute atomic E-state index is 10.5. The highest BCUT2D eigenvalue weighted by Gasteiger charge is 2.44. The largest absolute Gasteiger partial charge is 0.393 e. The molecule has 5 rings (SSSR count). The Labute approximate surface area is 164 Å². The predicted octanol–water partition coefficient (Wildman–Crippen LogP) is 2.61. The van der Waals surface area contributed by atoms with Crippen LogP contribution in [0.25, 0.3) is 11.2 Å². The van der Waals surface area contributed by atoms with E-state index in [1.54, 1.807) is 6.33 Å². The van der Waals surface area contributed by atoms with Crippen molar-refractivity contribution < 1.29 is 9.84 Å². The van der Waals surface area contributed by atoms with Gasteiger partial charge in [0.05, 0.1) is 30.3 Å². The molecule has 0 bridgehead atoms. The smallest absolute Gasteiger partial charge is 0.227 e. The normalized spacial score (nSPS) is 24.7. The molecule has 1 aromatic carbocycles. The number of imidazole rings is 1. The van der Waals surface area contributed by atoms with Crippen molar-refractivity contribution in [2.24, 2.45) is 7.05 Å². The van der Waals surface area contributed by atoms with Crippen LogP contribution in [0.15, 0.2) is 42.9 Å². The van der Waals surface area contributed by atoms with Crippen LogP contribution in [0.4, 0.5) is 5.95 Å². The van der Waals surface area contributed by atoms with Crippen molar-refractivity contribution in [3.63, 3.8) is 0 Å². The minimum absolute atomic E-state index is 0.0439. The second-order valence-corrected chi connectivity index (χ2v) is 8.02. The molecule has 146 valence electrons. The molecule has 2 aliphatic rings. The highest BCUT2D eigenvalue weighted by Crippen LogP contribution is 2.43. The van der Waals surface area contributed by atoms with Gasteiger partial charge in [0.1, 0.15) is 5.52 Å². The van der Waals surface area contributed by atoms with Crippen molar-refractivity contribution in [2.75, 3.05) is 18.0 Å². The molecule has 2 aliphatic heterocycles. The molecular formula is C21H25N5O2. The number of anilines is 1. The number of piperidine rings is 1. The molecule has 0 radical (unpaired) electrons. The molecule has 0 amide bonds. The van der Waals surface area contributed by atoms with Crippen LogP contribution in [-0.2, 0) is 11.8 Å². The SMILES string of the molecule is Cn1cnc2nc(N3CCC4(CC3)C[C@H](O)C[C@H](c3ccccc3)O4)ncc21. The maximum atomic E-state index is 10.5. The summed E-state index contributed by atoms with van der Waals surface area (Å²) in [4.78, 5) is 15.7. The van der Waals surface area contributed by atoms with Crippen LogP contribution < -0.4 is 4.90 Å². The van der Waals surface area contributed by atoms with Crippen LogP contribution in [0.2, 0.25) is 0 Å². The Morgan fingerprint density at radius 3 is 2.71 bits per heavy atom. The first-order valence-corrected chi connectivity index (χ1v) is 9.92. The predicted molar refractivity (Wildman–Crippen MR) is 106 cm³/mol. The number of aliphatic hydroxyl groups is 1. The van der Waals surface area contributed by atoms with E-state index in [0.29, 0.717) is 12.8 Å². The standard InChI is InChI=1S/C21H25N5O2/c1-25-14-23-19-17(25)13-22-20(24-19)26-9-7-21(8-10-26)12-16(27)11-18(28-21)15-5-3-2-4-6-15/h2-6,13-14,16,18,27H,7-12H2,1H3/t16-,18-/m1/s1. The van der Waals surface area contributed by atoms with Crippen LogP contribution in [0.3, 0.4) is 0 Å². The number of benzene rings is 1. The van der Waals surface area contributed by atoms with E-state index < -0.39 is 0 Å². The van der Waals surface area contributed by atoms with Gasteiger partial charge in [0.2, 0.25) is 5.95 Å². The zero-order valence-corrected chi connectivity index (χ0v) is 16.0. The topological polar surface area (TPSA) is 76.3 Å². The molecule has 2 saturated heterocycles. The number of aliphatic hydroxyl groups excluding tert-OH is 1. The van der Waals surface area contributed by atoms with Gasteiger partial charge in [-0.15, -0.1) is 0 Å². The van der Waals surface area contributed by atoms with Crippen LogP contribution in [0, 0.1) is 0 Å². The van der Waals surface area contributed by atoms with E-state index in [4.69, 9.17) is 4.74 Å². The van der Waals surface area contributed by atoms with Crippen molar-refractivity contribution in [2.45, 2.75) is 43.5 Å². The number of hydrogen-bond donors (Lipinski definition) is 1. The highest BCUT2D eigenvalue weighted by atomic mass is 16.5. The van der Waals surface area contributed by atoms with E-state index in [1.807, 2.05) is 36.0 Å². The van der Waals surface area contributed by atoms with Crippen LogP contribution in [-0.4, -0.2) is 49.4 Å². The lowest BCUT2D eigenvalue weighted by molar-refractivity contribution is -0.173. The number of nitrogens with zero attached hydrogens (tertiary/aromatic N) is 5. The third-order valence-electron chi connectivity index (χ3n) is 6.09. The van der Waals surface area contributed by atoms with E-state index in [-0.39, 0.29) is 17.8 Å². The first kappa shape index (κ1) is 17.6. The molecule has 7 heteroatoms. The fourth-order valence-corrected chi connectivity index (χ4v) is 4.52. The van der Waals surface area contributed by atoms with Gasteiger partial charge in [0.15, 0.2) is 5.65 Å². The summed E-state index contributed by atoms with van der Waals surface area (Å²) in [5.41, 5.74) is 2.53. The summed E-state index contributed by atoms with van der Waals surface area (Å²) in [6.07, 6.45) is 6.30. The molecule has 3 aromatic rings. The third-order valence-corrected chi connectivity index (χ3v) is 6.09. The van der Waals surface area contributed by atoms with Crippen LogP contribution in [0.5, 0.6) is 0 Å². The van der Waals surface area contributed by atoms with Crippen molar-refractivity contribution in [1.29, 1.82) is 0 Å². The van der Waals surface area contributed by atoms with E-state index in [9.17, 15) is 5.11 Å². The van der Waals surface area contributed by atoms with Gasteiger partial charge in [0, 0.05) is 33.0 Å². The molecule has 4 heterocycles. The first-order chi connectivity index (χ1) is 13.6. The highest BCUT2D eigenvalue weighted by molar-refractivity contribution is 5.70. The van der Waals surface area contributed by atoms with Gasteiger partial charge in [-0.25, -0.2) is 9.97 Å². The number of aryl methyl sites for hydroxylation is 1. The van der Waals surface area contributed by atoms with E-state index in [2.05, 4.69) is 32.0 Å². The first-order valence-electron chi connectivity index (χ1n) is 9.92. The lowest BCUT2D eigenvalue weighted by atomic mass is 9.81. The lowest BCUT2D eigenvalue weighted by Gasteiger charge is -2.48. The Hall–Kier alpha value is -2.51. The quantitative estimate of drug-likeness (QED) is 0.738. The number of aromatic nitrogens is 4. The molecular weight excluding hydrogens is 354 g/mol. The second-order valence-electron chi connectivity index (χ2n) is 8.02. The fourth-order valence-electron chi connectivity index (χ4n) is 4.52. The second kappa shape index (κ2) is 6.83. The minimum Gasteiger partial charge on any atom is -0.393 e. The molecule has 0 unspecified atom stereocenters. The average molecular weight is 379 g/mol. The molecule has 2 fully saturated rings. The number of ether oxygens (including phenoxy) is 1. The Balaban J connectivity index is 1.32. The summed E-state index contributed by atoms with van der Waals surface area (Å²) in [6.45, 7) is 1.62. The third kappa shape index (κ3) is 3.14. The zero-order chi connectivity index (χ0) is 19.1. The Morgan fingerprint density at radius 1 is 1.14 bits per heavy atom. The Kier molecular flexibility index (Phi) is 4.29. The van der Waals surface area contributed by atoms with Gasteiger partial charge in [0.25, 0.3) is 0 Å². The van der Waals surface area contributed by atoms with Crippen molar-refractivity contribution in [3.05, 3.63) is 48.4 Å². The van der Waals surface area contributed by atoms with Gasteiger partial charge in [-0.3, -0.25) is 0 Å². The molecule has 0 saturated carbocycles. The van der Waals surface area contributed by atoms with Gasteiger partial charge in [-0.05, 0) is 18.4 Å². The Morgan fingerprint density at radius 2 is 1.93 bits per heavy atom. The lowest BCUT2D eigenvalue weighted by Crippen LogP contribution is -2.51. The van der Waals surface area contributed by atoms with E-state index >= 15 is 0 Å². The van der Waals surface area contributed by atoms with Gasteiger partial charge >= 0.3 is 0 Å². The monoisotopic (exact) mass is 379 g/mol. The van der Waals surface area contributed by atoms with Crippen molar-refractivity contribution >= 4 is 17.1 Å². The average Bonchev–Trinajstić information content (AvgIpc) is 3.09. The van der Waals surface area contributed by atoms with E-state index in [1.165, 1.54) is 0 Å². The molecule has 28 heavy (non-hydrogen) atoms. The van der Waals surface area contributed by atoms with E-state index in [0.717, 1.165) is 48.6 Å². The summed E-state index contributed by atoms with van der Waals surface area (Å²) in [6, 6.07) is 10.2. The molecule has 1 spiro atoms. The molecule has 0 aliphatic carbocycles. The fraction of sp³-hybridized carbons (Fsp3) is 0.476. The van der Waals surface area contributed by atoms with Crippen LogP contribution in [0.1, 0.15) is 37.4 Å². The summed E-state index contributed by atoms with van der Waals surface area (Å²) in [5, 5.41) is 10.5. The molecule has 2 aromatic heterocycles. The summed E-state index contributed by atoms with van der Waals surface area (Å²) >= 11 is 0. The minimum atomic E-state index is -0.327. The number of hydrogen-bond acceptors (Lipinski definition) is 6. The van der Waals surface area contributed by atoms with Crippen molar-refractivity contribution in [1.82, 2.24) is 19.5 Å². The molecule has 2 atom stereocenters. The number of rotatable bonds is 2. The van der Waals surface area contributed by atoms with Gasteiger partial charge in [-0.1, -0.05) is 30.3 Å². The van der Waals surface area contributed by atoms with Gasteiger partial charge < -0.3 is 19.3 Å².